The molecule has 18 heavy (non-hydrogen) atoms. The van der Waals surface area contributed by atoms with Crippen LogP contribution in [-0.2, 0) is 19.0 Å². The quantitative estimate of drug-likeness (QED) is 0.751. The maximum absolute atomic E-state index is 12.5. The van der Waals surface area contributed by atoms with Gasteiger partial charge in [-0.15, -0.1) is 11.3 Å². The van der Waals surface area contributed by atoms with E-state index >= 15 is 0 Å². The topological polar surface area (TPSA) is 12.9 Å². The molecule has 0 N–H and O–H groups in total. The van der Waals surface area contributed by atoms with Gasteiger partial charge in [-0.25, -0.2) is 4.98 Å². The number of hydrogen-bond acceptors (Lipinski definition) is 2. The van der Waals surface area contributed by atoms with E-state index < -0.39 is 11.9 Å². The molecule has 1 aliphatic carbocycles. The number of aryl methyl sites for hydroxylation is 2. The van der Waals surface area contributed by atoms with E-state index in [0.717, 1.165) is 41.5 Å². The number of thiazole rings is 1. The van der Waals surface area contributed by atoms with Crippen molar-refractivity contribution >= 4 is 11.3 Å². The first-order valence-corrected chi connectivity index (χ1v) is 6.57. The zero-order chi connectivity index (χ0) is 12.8. The van der Waals surface area contributed by atoms with E-state index in [4.69, 9.17) is 0 Å². The molecule has 1 heterocycles. The minimum Gasteiger partial charge on any atom is -0.232 e. The number of benzene rings is 1. The van der Waals surface area contributed by atoms with E-state index in [-0.39, 0.29) is 0 Å². The summed E-state index contributed by atoms with van der Waals surface area (Å²) in [6, 6.07) is 5.84. The number of rotatable bonds is 1. The second-order valence-corrected chi connectivity index (χ2v) is 5.23. The molecule has 0 unspecified atom stereocenters. The lowest BCUT2D eigenvalue weighted by Crippen LogP contribution is -2.04. The molecule has 0 saturated carbocycles. The summed E-state index contributed by atoms with van der Waals surface area (Å²) in [5.74, 6) is 0. The smallest absolute Gasteiger partial charge is 0.232 e. The number of hydrogen-bond donors (Lipinski definition) is 0. The number of aromatic nitrogens is 1. The number of halogens is 3. The Morgan fingerprint density at radius 1 is 1.11 bits per heavy atom. The van der Waals surface area contributed by atoms with E-state index in [1.54, 1.807) is 0 Å². The summed E-state index contributed by atoms with van der Waals surface area (Å²) in [4.78, 5) is 3.67. The molecule has 0 radical (unpaired) electrons. The lowest BCUT2D eigenvalue weighted by atomic mass is 10.1. The minimum atomic E-state index is -4.36. The summed E-state index contributed by atoms with van der Waals surface area (Å²) < 4.78 is 37.4. The molecule has 0 spiro atoms. The van der Waals surface area contributed by atoms with E-state index in [0.29, 0.717) is 5.01 Å². The van der Waals surface area contributed by atoms with Gasteiger partial charge in [-0.3, -0.25) is 0 Å². The third-order valence-corrected chi connectivity index (χ3v) is 4.03. The summed E-state index contributed by atoms with van der Waals surface area (Å²) in [5.41, 5.74) is 2.54. The summed E-state index contributed by atoms with van der Waals surface area (Å²) in [6.45, 7) is 0. The standard InChI is InChI=1S/C13H10F3NS/c14-13(15,16)11-7-18-12(17-11)10-5-4-8-2-1-3-9(8)6-10/h4-7H,1-3H2. The zero-order valence-electron chi connectivity index (χ0n) is 9.42. The van der Waals surface area contributed by atoms with Crippen molar-refractivity contribution in [3.05, 3.63) is 40.4 Å². The highest BCUT2D eigenvalue weighted by Crippen LogP contribution is 2.35. The van der Waals surface area contributed by atoms with Crippen LogP contribution >= 0.6 is 11.3 Å². The molecule has 0 amide bonds. The molecule has 0 atom stereocenters. The van der Waals surface area contributed by atoms with Crippen LogP contribution in [0.4, 0.5) is 13.2 Å². The van der Waals surface area contributed by atoms with Gasteiger partial charge < -0.3 is 0 Å². The molecule has 5 heteroatoms. The molecule has 1 nitrogen and oxygen atoms in total. The summed E-state index contributed by atoms with van der Waals surface area (Å²) in [7, 11) is 0. The second-order valence-electron chi connectivity index (χ2n) is 4.37. The molecule has 0 aliphatic heterocycles. The first-order chi connectivity index (χ1) is 8.54. The first-order valence-electron chi connectivity index (χ1n) is 5.69. The van der Waals surface area contributed by atoms with E-state index in [2.05, 4.69) is 4.98 Å². The van der Waals surface area contributed by atoms with Gasteiger partial charge in [0.15, 0.2) is 5.69 Å². The van der Waals surface area contributed by atoms with Crippen LogP contribution in [0.1, 0.15) is 23.2 Å². The lowest BCUT2D eigenvalue weighted by Gasteiger charge is -2.02. The molecular weight excluding hydrogens is 259 g/mol. The van der Waals surface area contributed by atoms with Gasteiger partial charge in [-0.05, 0) is 36.5 Å². The van der Waals surface area contributed by atoms with Crippen LogP contribution in [-0.4, -0.2) is 4.98 Å². The van der Waals surface area contributed by atoms with Gasteiger partial charge in [0.25, 0.3) is 0 Å². The normalized spacial score (nSPS) is 14.8. The van der Waals surface area contributed by atoms with Crippen LogP contribution < -0.4 is 0 Å². The highest BCUT2D eigenvalue weighted by atomic mass is 32.1. The Kier molecular flexibility index (Phi) is 2.66. The highest BCUT2D eigenvalue weighted by molar-refractivity contribution is 7.13. The lowest BCUT2D eigenvalue weighted by molar-refractivity contribution is -0.140. The predicted octanol–water partition coefficient (Wildman–Crippen LogP) is 4.32. The van der Waals surface area contributed by atoms with E-state index in [1.807, 2.05) is 18.2 Å². The highest BCUT2D eigenvalue weighted by Gasteiger charge is 2.33. The first kappa shape index (κ1) is 11.7. The van der Waals surface area contributed by atoms with Gasteiger partial charge in [-0.2, -0.15) is 13.2 Å². The van der Waals surface area contributed by atoms with Crippen molar-refractivity contribution in [3.8, 4) is 10.6 Å². The fourth-order valence-electron chi connectivity index (χ4n) is 2.24. The zero-order valence-corrected chi connectivity index (χ0v) is 10.2. The average Bonchev–Trinajstić information content (AvgIpc) is 2.96. The Bertz CT molecular complexity index is 586. The Balaban J connectivity index is 1.98. The molecular formula is C13H10F3NS. The average molecular weight is 269 g/mol. The third-order valence-electron chi connectivity index (χ3n) is 3.14. The van der Waals surface area contributed by atoms with Crippen LogP contribution in [0.15, 0.2) is 23.6 Å². The van der Waals surface area contributed by atoms with Gasteiger partial charge in [0.05, 0.1) is 0 Å². The van der Waals surface area contributed by atoms with Crippen LogP contribution in [0.5, 0.6) is 0 Å². The summed E-state index contributed by atoms with van der Waals surface area (Å²) >= 11 is 1.04. The van der Waals surface area contributed by atoms with Crippen molar-refractivity contribution in [2.45, 2.75) is 25.4 Å². The molecule has 1 aromatic heterocycles. The second kappa shape index (κ2) is 4.09. The van der Waals surface area contributed by atoms with Crippen LogP contribution in [0, 0.1) is 0 Å². The number of fused-ring (bicyclic) bond motifs is 1. The number of nitrogens with zero attached hydrogens (tertiary/aromatic N) is 1. The van der Waals surface area contributed by atoms with E-state index in [1.165, 1.54) is 11.1 Å². The Morgan fingerprint density at radius 2 is 1.89 bits per heavy atom. The maximum atomic E-state index is 12.5. The Hall–Kier alpha value is -1.36. The molecule has 3 rings (SSSR count). The Labute approximate surface area is 106 Å². The fourth-order valence-corrected chi connectivity index (χ4v) is 3.07. The van der Waals surface area contributed by atoms with Crippen molar-refractivity contribution < 1.29 is 13.2 Å². The van der Waals surface area contributed by atoms with Crippen molar-refractivity contribution in [1.29, 1.82) is 0 Å². The summed E-state index contributed by atoms with van der Waals surface area (Å²) in [5, 5.41) is 1.51. The summed E-state index contributed by atoms with van der Waals surface area (Å²) in [6.07, 6.45) is -1.14. The monoisotopic (exact) mass is 269 g/mol. The molecule has 0 saturated heterocycles. The van der Waals surface area contributed by atoms with Gasteiger partial charge >= 0.3 is 6.18 Å². The molecule has 1 aliphatic rings. The van der Waals surface area contributed by atoms with Gasteiger partial charge in [0, 0.05) is 10.9 Å². The van der Waals surface area contributed by atoms with Gasteiger partial charge in [0.2, 0.25) is 0 Å². The van der Waals surface area contributed by atoms with E-state index in [9.17, 15) is 13.2 Å². The third kappa shape index (κ3) is 2.03. The van der Waals surface area contributed by atoms with Crippen molar-refractivity contribution in [3.63, 3.8) is 0 Å². The molecule has 2 aromatic rings. The van der Waals surface area contributed by atoms with Gasteiger partial charge in [-0.1, -0.05) is 12.1 Å². The maximum Gasteiger partial charge on any atom is 0.434 e. The fraction of sp³-hybridized carbons (Fsp3) is 0.308. The predicted molar refractivity (Wildman–Crippen MR) is 64.6 cm³/mol. The van der Waals surface area contributed by atoms with Crippen LogP contribution in [0.25, 0.3) is 10.6 Å². The Morgan fingerprint density at radius 3 is 2.61 bits per heavy atom. The van der Waals surface area contributed by atoms with Crippen molar-refractivity contribution in [2.24, 2.45) is 0 Å². The molecule has 0 bridgehead atoms. The van der Waals surface area contributed by atoms with Crippen LogP contribution in [0.2, 0.25) is 0 Å². The molecule has 0 fully saturated rings. The number of alkyl halides is 3. The molecule has 1 aromatic carbocycles. The van der Waals surface area contributed by atoms with Crippen molar-refractivity contribution in [2.75, 3.05) is 0 Å². The SMILES string of the molecule is FC(F)(F)c1csc(-c2ccc3c(c2)CCC3)n1. The largest absolute Gasteiger partial charge is 0.434 e. The minimum absolute atomic E-state index is 0.442. The van der Waals surface area contributed by atoms with Gasteiger partial charge in [0.1, 0.15) is 5.01 Å². The van der Waals surface area contributed by atoms with Crippen LogP contribution in [0.3, 0.4) is 0 Å². The van der Waals surface area contributed by atoms with Crippen molar-refractivity contribution in [1.82, 2.24) is 4.98 Å². The molecule has 94 valence electrons.